The molecule has 94 valence electrons. The van der Waals surface area contributed by atoms with Gasteiger partial charge in [0.1, 0.15) is 5.75 Å². The van der Waals surface area contributed by atoms with Gasteiger partial charge in [0.15, 0.2) is 0 Å². The molecule has 0 radical (unpaired) electrons. The lowest BCUT2D eigenvalue weighted by Gasteiger charge is -2.12. The van der Waals surface area contributed by atoms with E-state index in [2.05, 4.69) is 17.6 Å². The highest BCUT2D eigenvalue weighted by Crippen LogP contribution is 2.23. The first kappa shape index (κ1) is 13.4. The van der Waals surface area contributed by atoms with Crippen LogP contribution < -0.4 is 15.4 Å². The molecule has 1 aromatic carbocycles. The molecule has 0 saturated heterocycles. The zero-order valence-corrected chi connectivity index (χ0v) is 10.9. The zero-order chi connectivity index (χ0) is 12.8. The summed E-state index contributed by atoms with van der Waals surface area (Å²) in [6.45, 7) is 4.75. The van der Waals surface area contributed by atoms with Gasteiger partial charge in [-0.25, -0.2) is 4.79 Å². The maximum Gasteiger partial charge on any atom is 0.314 e. The maximum absolute atomic E-state index is 11.0. The van der Waals surface area contributed by atoms with Crippen molar-refractivity contribution < 1.29 is 9.53 Å². The van der Waals surface area contributed by atoms with Crippen LogP contribution in [0.1, 0.15) is 16.7 Å². The lowest BCUT2D eigenvalue weighted by molar-refractivity contribution is 0.243. The maximum atomic E-state index is 11.0. The van der Waals surface area contributed by atoms with Crippen molar-refractivity contribution in [1.29, 1.82) is 0 Å². The first-order chi connectivity index (χ1) is 8.10. The predicted octanol–water partition coefficient (Wildman–Crippen LogP) is 1.78. The highest BCUT2D eigenvalue weighted by atomic mass is 16.5. The number of methoxy groups -OCH3 is 1. The number of hydrogen-bond donors (Lipinski definition) is 2. The van der Waals surface area contributed by atoms with Crippen LogP contribution in [0.4, 0.5) is 4.79 Å². The second-order valence-corrected chi connectivity index (χ2v) is 3.93. The van der Waals surface area contributed by atoms with Crippen LogP contribution in [0, 0.1) is 13.8 Å². The summed E-state index contributed by atoms with van der Waals surface area (Å²) in [6.07, 6.45) is 0.823. The fraction of sp³-hybridized carbons (Fsp3) is 0.462. The minimum atomic E-state index is -0.145. The first-order valence-corrected chi connectivity index (χ1v) is 5.68. The Bertz CT molecular complexity index is 403. The Morgan fingerprint density at radius 1 is 1.29 bits per heavy atom. The van der Waals surface area contributed by atoms with Gasteiger partial charge in [-0.1, -0.05) is 6.07 Å². The molecule has 0 aromatic heterocycles. The van der Waals surface area contributed by atoms with Crippen LogP contribution in [-0.4, -0.2) is 26.7 Å². The minimum Gasteiger partial charge on any atom is -0.496 e. The third-order valence-electron chi connectivity index (χ3n) is 2.98. The first-order valence-electron chi connectivity index (χ1n) is 5.68. The van der Waals surface area contributed by atoms with Gasteiger partial charge in [0.2, 0.25) is 0 Å². The fourth-order valence-corrected chi connectivity index (χ4v) is 1.74. The number of rotatable bonds is 4. The van der Waals surface area contributed by atoms with E-state index in [4.69, 9.17) is 4.74 Å². The quantitative estimate of drug-likeness (QED) is 0.837. The summed E-state index contributed by atoms with van der Waals surface area (Å²) in [6, 6.07) is 3.87. The summed E-state index contributed by atoms with van der Waals surface area (Å²) < 4.78 is 5.26. The number of carbonyl (C=O) groups is 1. The molecule has 1 aromatic rings. The Balaban J connectivity index is 2.66. The van der Waals surface area contributed by atoms with Gasteiger partial charge in [0.05, 0.1) is 7.11 Å². The second kappa shape index (κ2) is 6.13. The molecule has 0 aliphatic rings. The monoisotopic (exact) mass is 236 g/mol. The van der Waals surface area contributed by atoms with Gasteiger partial charge < -0.3 is 15.4 Å². The fourth-order valence-electron chi connectivity index (χ4n) is 1.74. The molecular weight excluding hydrogens is 216 g/mol. The summed E-state index contributed by atoms with van der Waals surface area (Å²) in [7, 11) is 3.28. The largest absolute Gasteiger partial charge is 0.496 e. The van der Waals surface area contributed by atoms with Crippen LogP contribution in [-0.2, 0) is 6.42 Å². The third-order valence-corrected chi connectivity index (χ3v) is 2.98. The van der Waals surface area contributed by atoms with Crippen molar-refractivity contribution in [2.45, 2.75) is 20.3 Å². The summed E-state index contributed by atoms with van der Waals surface area (Å²) in [5, 5.41) is 5.30. The highest BCUT2D eigenvalue weighted by Gasteiger charge is 2.06. The van der Waals surface area contributed by atoms with E-state index < -0.39 is 0 Å². The van der Waals surface area contributed by atoms with Gasteiger partial charge >= 0.3 is 6.03 Å². The van der Waals surface area contributed by atoms with E-state index in [-0.39, 0.29) is 6.03 Å². The summed E-state index contributed by atoms with van der Waals surface area (Å²) in [5.74, 6) is 0.908. The Kier molecular flexibility index (Phi) is 4.82. The van der Waals surface area contributed by atoms with E-state index in [0.717, 1.165) is 17.7 Å². The van der Waals surface area contributed by atoms with Gasteiger partial charge in [-0.15, -0.1) is 0 Å². The summed E-state index contributed by atoms with van der Waals surface area (Å²) in [4.78, 5) is 11.0. The number of ether oxygens (including phenoxy) is 1. The molecule has 17 heavy (non-hydrogen) atoms. The molecule has 0 unspecified atom stereocenters. The molecular formula is C13H20N2O2. The molecule has 0 aliphatic heterocycles. The Morgan fingerprint density at radius 2 is 2.00 bits per heavy atom. The SMILES string of the molecule is CNC(=O)NCCc1ccc(OC)c(C)c1C. The van der Waals surface area contributed by atoms with E-state index in [1.807, 2.05) is 19.1 Å². The van der Waals surface area contributed by atoms with Crippen LogP contribution in [0.3, 0.4) is 0 Å². The van der Waals surface area contributed by atoms with Gasteiger partial charge in [-0.2, -0.15) is 0 Å². The topological polar surface area (TPSA) is 50.4 Å². The molecule has 1 rings (SSSR count). The van der Waals surface area contributed by atoms with Crippen molar-refractivity contribution >= 4 is 6.03 Å². The number of hydrogen-bond acceptors (Lipinski definition) is 2. The van der Waals surface area contributed by atoms with Crippen molar-refractivity contribution in [3.8, 4) is 5.75 Å². The molecule has 0 aliphatic carbocycles. The van der Waals surface area contributed by atoms with Crippen molar-refractivity contribution in [2.75, 3.05) is 20.7 Å². The molecule has 0 heterocycles. The smallest absolute Gasteiger partial charge is 0.314 e. The number of carbonyl (C=O) groups excluding carboxylic acids is 1. The van der Waals surface area contributed by atoms with Crippen molar-refractivity contribution in [3.63, 3.8) is 0 Å². The van der Waals surface area contributed by atoms with Crippen molar-refractivity contribution in [3.05, 3.63) is 28.8 Å². The van der Waals surface area contributed by atoms with Crippen LogP contribution >= 0.6 is 0 Å². The van der Waals surface area contributed by atoms with Crippen LogP contribution in [0.2, 0.25) is 0 Å². The van der Waals surface area contributed by atoms with E-state index in [1.165, 1.54) is 11.1 Å². The summed E-state index contributed by atoms with van der Waals surface area (Å²) in [5.41, 5.74) is 3.62. The predicted molar refractivity (Wildman–Crippen MR) is 68.6 cm³/mol. The van der Waals surface area contributed by atoms with E-state index in [0.29, 0.717) is 6.54 Å². The van der Waals surface area contributed by atoms with E-state index in [1.54, 1.807) is 14.2 Å². The number of nitrogens with one attached hydrogen (secondary N) is 2. The molecule has 4 heteroatoms. The number of amides is 2. The standard InChI is InChI=1S/C13H20N2O2/c1-9-10(2)12(17-4)6-5-11(9)7-8-15-13(16)14-3/h5-6H,7-8H2,1-4H3,(H2,14,15,16). The average molecular weight is 236 g/mol. The highest BCUT2D eigenvalue weighted by molar-refractivity contribution is 5.73. The van der Waals surface area contributed by atoms with Crippen molar-refractivity contribution in [1.82, 2.24) is 10.6 Å². The molecule has 0 bridgehead atoms. The van der Waals surface area contributed by atoms with Gasteiger partial charge in [-0.3, -0.25) is 0 Å². The van der Waals surface area contributed by atoms with Gasteiger partial charge in [0.25, 0.3) is 0 Å². The molecule has 2 N–H and O–H groups in total. The average Bonchev–Trinajstić information content (AvgIpc) is 2.34. The third kappa shape index (κ3) is 3.37. The molecule has 0 saturated carbocycles. The van der Waals surface area contributed by atoms with Crippen LogP contribution in [0.5, 0.6) is 5.75 Å². The van der Waals surface area contributed by atoms with Crippen LogP contribution in [0.15, 0.2) is 12.1 Å². The normalized spacial score (nSPS) is 9.88. The summed E-state index contributed by atoms with van der Waals surface area (Å²) >= 11 is 0. The van der Waals surface area contributed by atoms with Gasteiger partial charge in [-0.05, 0) is 43.0 Å². The Labute approximate surface area is 102 Å². The Hall–Kier alpha value is -1.71. The number of urea groups is 1. The van der Waals surface area contributed by atoms with Crippen molar-refractivity contribution in [2.24, 2.45) is 0 Å². The van der Waals surface area contributed by atoms with Crippen LogP contribution in [0.25, 0.3) is 0 Å². The molecule has 0 fully saturated rings. The number of benzene rings is 1. The molecule has 0 spiro atoms. The zero-order valence-electron chi connectivity index (χ0n) is 10.9. The molecule has 0 atom stereocenters. The van der Waals surface area contributed by atoms with Gasteiger partial charge in [0, 0.05) is 13.6 Å². The van der Waals surface area contributed by atoms with E-state index in [9.17, 15) is 4.79 Å². The minimum absolute atomic E-state index is 0.145. The molecule has 2 amide bonds. The molecule has 4 nitrogen and oxygen atoms in total. The lowest BCUT2D eigenvalue weighted by atomic mass is 10.00. The Morgan fingerprint density at radius 3 is 2.59 bits per heavy atom. The lowest BCUT2D eigenvalue weighted by Crippen LogP contribution is -2.34. The van der Waals surface area contributed by atoms with E-state index >= 15 is 0 Å². The second-order valence-electron chi connectivity index (χ2n) is 3.93.